The summed E-state index contributed by atoms with van der Waals surface area (Å²) in [6.45, 7) is 13.5. The molecule has 0 amide bonds. The second-order valence-electron chi connectivity index (χ2n) is 6.28. The van der Waals surface area contributed by atoms with E-state index in [4.69, 9.17) is 0 Å². The molecule has 1 N–H and O–H groups in total. The molecule has 0 spiro atoms. The van der Waals surface area contributed by atoms with Crippen LogP contribution in [0.3, 0.4) is 0 Å². The van der Waals surface area contributed by atoms with Crippen LogP contribution in [0.25, 0.3) is 0 Å². The highest BCUT2D eigenvalue weighted by Gasteiger charge is 2.18. The van der Waals surface area contributed by atoms with E-state index in [0.29, 0.717) is 17.3 Å². The van der Waals surface area contributed by atoms with Crippen LogP contribution in [0.4, 0.5) is 0 Å². The zero-order chi connectivity index (χ0) is 12.3. The number of rotatable bonds is 4. The van der Waals surface area contributed by atoms with Gasteiger partial charge in [0.1, 0.15) is 5.82 Å². The van der Waals surface area contributed by atoms with Crippen LogP contribution in [0.1, 0.15) is 65.4 Å². The van der Waals surface area contributed by atoms with Crippen LogP contribution in [0.2, 0.25) is 0 Å². The first-order valence-corrected chi connectivity index (χ1v) is 6.37. The summed E-state index contributed by atoms with van der Waals surface area (Å²) in [4.78, 5) is 7.99. The van der Waals surface area contributed by atoms with Gasteiger partial charge >= 0.3 is 0 Å². The van der Waals surface area contributed by atoms with Crippen LogP contribution in [0, 0.1) is 11.3 Å². The molecule has 0 saturated carbocycles. The maximum absolute atomic E-state index is 4.50. The largest absolute Gasteiger partial charge is 0.346 e. The average molecular weight is 222 g/mol. The third-order valence-corrected chi connectivity index (χ3v) is 2.99. The Morgan fingerprint density at radius 1 is 1.31 bits per heavy atom. The van der Waals surface area contributed by atoms with Gasteiger partial charge in [0.15, 0.2) is 0 Å². The molecule has 1 unspecified atom stereocenters. The number of nitrogens with zero attached hydrogens (tertiary/aromatic N) is 1. The summed E-state index contributed by atoms with van der Waals surface area (Å²) in [5.41, 5.74) is 1.60. The Hall–Kier alpha value is -0.790. The molecular formula is C14H26N2. The molecule has 0 radical (unpaired) electrons. The molecule has 0 fully saturated rings. The van der Waals surface area contributed by atoms with E-state index >= 15 is 0 Å². The smallest absolute Gasteiger partial charge is 0.106 e. The van der Waals surface area contributed by atoms with Crippen LogP contribution >= 0.6 is 0 Å². The van der Waals surface area contributed by atoms with Gasteiger partial charge < -0.3 is 4.98 Å². The summed E-state index contributed by atoms with van der Waals surface area (Å²) >= 11 is 0. The molecule has 16 heavy (non-hydrogen) atoms. The molecule has 0 saturated heterocycles. The van der Waals surface area contributed by atoms with Crippen molar-refractivity contribution in [2.45, 2.75) is 60.3 Å². The maximum Gasteiger partial charge on any atom is 0.106 e. The van der Waals surface area contributed by atoms with E-state index in [1.807, 2.05) is 6.20 Å². The SMILES string of the molecule is CCC(c1cnc(CC(C)(C)C)[nH]1)C(C)C. The van der Waals surface area contributed by atoms with Gasteiger partial charge in [0.2, 0.25) is 0 Å². The van der Waals surface area contributed by atoms with Crippen molar-refractivity contribution in [2.75, 3.05) is 0 Å². The van der Waals surface area contributed by atoms with Crippen molar-refractivity contribution in [1.29, 1.82) is 0 Å². The van der Waals surface area contributed by atoms with Gasteiger partial charge in [0.25, 0.3) is 0 Å². The van der Waals surface area contributed by atoms with Crippen LogP contribution in [0.15, 0.2) is 6.20 Å². The van der Waals surface area contributed by atoms with E-state index in [-0.39, 0.29) is 0 Å². The first kappa shape index (κ1) is 13.3. The van der Waals surface area contributed by atoms with Gasteiger partial charge in [-0.05, 0) is 17.8 Å². The topological polar surface area (TPSA) is 28.7 Å². The Balaban J connectivity index is 2.78. The minimum Gasteiger partial charge on any atom is -0.346 e. The summed E-state index contributed by atoms with van der Waals surface area (Å²) < 4.78 is 0. The standard InChI is InChI=1S/C14H26N2/c1-7-11(10(2)3)12-9-15-13(16-12)8-14(4,5)6/h9-11H,7-8H2,1-6H3,(H,15,16). The van der Waals surface area contributed by atoms with Crippen LogP contribution in [-0.2, 0) is 6.42 Å². The molecule has 0 aromatic carbocycles. The number of hydrogen-bond donors (Lipinski definition) is 1. The summed E-state index contributed by atoms with van der Waals surface area (Å²) in [6.07, 6.45) is 4.21. The Morgan fingerprint density at radius 3 is 2.38 bits per heavy atom. The van der Waals surface area contributed by atoms with Crippen molar-refractivity contribution < 1.29 is 0 Å². The number of hydrogen-bond acceptors (Lipinski definition) is 1. The molecule has 2 nitrogen and oxygen atoms in total. The van der Waals surface area contributed by atoms with Crippen molar-refractivity contribution in [2.24, 2.45) is 11.3 Å². The Bertz CT molecular complexity index is 318. The fourth-order valence-corrected chi connectivity index (χ4v) is 2.21. The Morgan fingerprint density at radius 2 is 1.94 bits per heavy atom. The zero-order valence-corrected chi connectivity index (χ0v) is 11.6. The van der Waals surface area contributed by atoms with Gasteiger partial charge in [-0.15, -0.1) is 0 Å². The third kappa shape index (κ3) is 3.66. The minimum atomic E-state index is 0.300. The highest BCUT2D eigenvalue weighted by atomic mass is 14.9. The fraction of sp³-hybridized carbons (Fsp3) is 0.786. The van der Waals surface area contributed by atoms with Crippen LogP contribution < -0.4 is 0 Å². The lowest BCUT2D eigenvalue weighted by Gasteiger charge is -2.18. The molecule has 1 rings (SSSR count). The Kier molecular flexibility index (Phi) is 4.17. The van der Waals surface area contributed by atoms with Gasteiger partial charge in [-0.3, -0.25) is 0 Å². The van der Waals surface area contributed by atoms with Crippen molar-refractivity contribution in [3.8, 4) is 0 Å². The van der Waals surface area contributed by atoms with Gasteiger partial charge in [-0.25, -0.2) is 4.98 Å². The number of aromatic nitrogens is 2. The molecule has 1 heterocycles. The van der Waals surface area contributed by atoms with E-state index in [1.165, 1.54) is 12.1 Å². The average Bonchev–Trinajstić information content (AvgIpc) is 2.50. The molecule has 0 aliphatic heterocycles. The molecule has 1 aromatic heterocycles. The summed E-state index contributed by atoms with van der Waals surface area (Å²) in [7, 11) is 0. The normalized spacial score (nSPS) is 14.4. The van der Waals surface area contributed by atoms with Gasteiger partial charge in [0.05, 0.1) is 0 Å². The van der Waals surface area contributed by atoms with E-state index in [2.05, 4.69) is 51.5 Å². The van der Waals surface area contributed by atoms with E-state index < -0.39 is 0 Å². The molecule has 0 aliphatic carbocycles. The van der Waals surface area contributed by atoms with Gasteiger partial charge in [-0.2, -0.15) is 0 Å². The molecular weight excluding hydrogens is 196 g/mol. The van der Waals surface area contributed by atoms with E-state index in [1.54, 1.807) is 0 Å². The summed E-state index contributed by atoms with van der Waals surface area (Å²) in [5, 5.41) is 0. The van der Waals surface area contributed by atoms with Crippen molar-refractivity contribution >= 4 is 0 Å². The summed E-state index contributed by atoms with van der Waals surface area (Å²) in [6, 6.07) is 0. The predicted octanol–water partition coefficient (Wildman–Crippen LogP) is 4.15. The maximum atomic E-state index is 4.50. The monoisotopic (exact) mass is 222 g/mol. The molecule has 92 valence electrons. The Labute approximate surface area is 99.9 Å². The predicted molar refractivity (Wildman–Crippen MR) is 69.6 cm³/mol. The second kappa shape index (κ2) is 5.03. The van der Waals surface area contributed by atoms with E-state index in [0.717, 1.165) is 12.2 Å². The quantitative estimate of drug-likeness (QED) is 0.814. The van der Waals surface area contributed by atoms with Crippen LogP contribution in [-0.4, -0.2) is 9.97 Å². The minimum absolute atomic E-state index is 0.300. The fourth-order valence-electron chi connectivity index (χ4n) is 2.21. The molecule has 1 aromatic rings. The second-order valence-corrected chi connectivity index (χ2v) is 6.28. The molecule has 1 atom stereocenters. The lowest BCUT2D eigenvalue weighted by molar-refractivity contribution is 0.401. The lowest BCUT2D eigenvalue weighted by Crippen LogP contribution is -2.11. The molecule has 0 bridgehead atoms. The van der Waals surface area contributed by atoms with Crippen molar-refractivity contribution in [3.63, 3.8) is 0 Å². The highest BCUT2D eigenvalue weighted by molar-refractivity contribution is 5.09. The summed E-state index contributed by atoms with van der Waals surface area (Å²) in [5.74, 6) is 2.41. The molecule has 0 aliphatic rings. The third-order valence-electron chi connectivity index (χ3n) is 2.99. The first-order valence-electron chi connectivity index (χ1n) is 6.37. The van der Waals surface area contributed by atoms with Crippen molar-refractivity contribution in [1.82, 2.24) is 9.97 Å². The van der Waals surface area contributed by atoms with Gasteiger partial charge in [0, 0.05) is 24.2 Å². The number of nitrogens with one attached hydrogen (secondary N) is 1. The van der Waals surface area contributed by atoms with Gasteiger partial charge in [-0.1, -0.05) is 41.5 Å². The lowest BCUT2D eigenvalue weighted by atomic mass is 9.90. The van der Waals surface area contributed by atoms with E-state index in [9.17, 15) is 0 Å². The number of H-pyrrole nitrogens is 1. The van der Waals surface area contributed by atoms with Crippen LogP contribution in [0.5, 0.6) is 0 Å². The number of imidazole rings is 1. The highest BCUT2D eigenvalue weighted by Crippen LogP contribution is 2.27. The number of aromatic amines is 1. The van der Waals surface area contributed by atoms with Crippen molar-refractivity contribution in [3.05, 3.63) is 17.7 Å². The molecule has 2 heteroatoms. The zero-order valence-electron chi connectivity index (χ0n) is 11.6. The first-order chi connectivity index (χ1) is 7.33.